The topological polar surface area (TPSA) is 67.8 Å². The Balaban J connectivity index is 1.61. The summed E-state index contributed by atoms with van der Waals surface area (Å²) in [6.45, 7) is 3.75. The SMILES string of the molecule is C=Cc1ccc2c(c1)CCC1C2=NOC1(O)c1onc(-c2ccccc2)c1C(F)(F)F. The summed E-state index contributed by atoms with van der Waals surface area (Å²) < 4.78 is 47.4. The van der Waals surface area contributed by atoms with Crippen LogP contribution in [0.25, 0.3) is 17.3 Å². The summed E-state index contributed by atoms with van der Waals surface area (Å²) in [6.07, 6.45) is -2.24. The van der Waals surface area contributed by atoms with E-state index in [4.69, 9.17) is 9.36 Å². The highest BCUT2D eigenvalue weighted by atomic mass is 19.4. The maximum Gasteiger partial charge on any atom is 0.422 e. The molecule has 0 saturated carbocycles. The Morgan fingerprint density at radius 3 is 2.65 bits per heavy atom. The van der Waals surface area contributed by atoms with Gasteiger partial charge in [0.1, 0.15) is 11.3 Å². The van der Waals surface area contributed by atoms with Crippen LogP contribution in [0.5, 0.6) is 0 Å². The summed E-state index contributed by atoms with van der Waals surface area (Å²) in [7, 11) is 0. The number of hydrogen-bond acceptors (Lipinski definition) is 5. The maximum atomic E-state index is 14.1. The number of hydrogen-bond donors (Lipinski definition) is 1. The van der Waals surface area contributed by atoms with Crippen molar-refractivity contribution in [3.05, 3.63) is 83.1 Å². The largest absolute Gasteiger partial charge is 0.422 e. The second-order valence-corrected chi connectivity index (χ2v) is 7.58. The van der Waals surface area contributed by atoms with Crippen LogP contribution in [0.3, 0.4) is 0 Å². The summed E-state index contributed by atoms with van der Waals surface area (Å²) in [6, 6.07) is 13.5. The van der Waals surface area contributed by atoms with Gasteiger partial charge in [-0.3, -0.25) is 0 Å². The van der Waals surface area contributed by atoms with E-state index in [-0.39, 0.29) is 5.56 Å². The maximum absolute atomic E-state index is 14.1. The number of rotatable bonds is 3. The molecule has 0 bridgehead atoms. The van der Waals surface area contributed by atoms with E-state index in [1.807, 2.05) is 18.2 Å². The quantitative estimate of drug-likeness (QED) is 0.629. The van der Waals surface area contributed by atoms with Crippen molar-refractivity contribution in [3.8, 4) is 11.3 Å². The number of fused-ring (bicyclic) bond motifs is 3. The lowest BCUT2D eigenvalue weighted by molar-refractivity contribution is -0.236. The van der Waals surface area contributed by atoms with E-state index in [2.05, 4.69) is 16.9 Å². The monoisotopic (exact) mass is 426 g/mol. The Morgan fingerprint density at radius 1 is 1.16 bits per heavy atom. The lowest BCUT2D eigenvalue weighted by Crippen LogP contribution is -2.40. The molecule has 5 rings (SSSR count). The van der Waals surface area contributed by atoms with Gasteiger partial charge < -0.3 is 14.5 Å². The number of halogens is 3. The molecule has 0 spiro atoms. The molecule has 158 valence electrons. The summed E-state index contributed by atoms with van der Waals surface area (Å²) in [4.78, 5) is 5.26. The zero-order chi connectivity index (χ0) is 21.8. The molecule has 1 aliphatic heterocycles. The van der Waals surface area contributed by atoms with Crippen LogP contribution >= 0.6 is 0 Å². The molecule has 1 N–H and O–H groups in total. The van der Waals surface area contributed by atoms with Crippen LogP contribution in [-0.4, -0.2) is 16.0 Å². The fourth-order valence-corrected chi connectivity index (χ4v) is 4.29. The van der Waals surface area contributed by atoms with Crippen LogP contribution in [-0.2, 0) is 23.2 Å². The van der Waals surface area contributed by atoms with E-state index in [9.17, 15) is 18.3 Å². The van der Waals surface area contributed by atoms with Crippen molar-refractivity contribution in [2.24, 2.45) is 11.1 Å². The summed E-state index contributed by atoms with van der Waals surface area (Å²) in [5, 5.41) is 18.9. The lowest BCUT2D eigenvalue weighted by atomic mass is 9.76. The minimum absolute atomic E-state index is 0.221. The molecule has 2 aliphatic rings. The molecule has 0 radical (unpaired) electrons. The van der Waals surface area contributed by atoms with Gasteiger partial charge >= 0.3 is 12.0 Å². The second-order valence-electron chi connectivity index (χ2n) is 7.58. The molecule has 2 aromatic carbocycles. The molecular weight excluding hydrogens is 409 g/mol. The van der Waals surface area contributed by atoms with E-state index in [1.54, 1.807) is 24.3 Å². The average molecular weight is 426 g/mol. The summed E-state index contributed by atoms with van der Waals surface area (Å²) in [5.41, 5.74) is 1.68. The molecule has 3 aromatic rings. The highest BCUT2D eigenvalue weighted by molar-refractivity contribution is 6.05. The summed E-state index contributed by atoms with van der Waals surface area (Å²) >= 11 is 0. The standard InChI is InChI=1S/C23H17F3N2O3/c1-2-13-8-10-16-15(12-13)9-11-17-20(16)28-31-22(17,29)21-18(23(24,25)26)19(27-30-21)14-6-4-3-5-7-14/h2-8,10,12,17,29H,1,9,11H2. The molecule has 0 saturated heterocycles. The van der Waals surface area contributed by atoms with Gasteiger partial charge in [-0.05, 0) is 24.0 Å². The lowest BCUT2D eigenvalue weighted by Gasteiger charge is -2.29. The number of nitrogens with zero attached hydrogens (tertiary/aromatic N) is 2. The molecule has 31 heavy (non-hydrogen) atoms. The first-order chi connectivity index (χ1) is 14.8. The normalized spacial score (nSPS) is 22.3. The van der Waals surface area contributed by atoms with E-state index in [0.717, 1.165) is 16.7 Å². The number of aromatic nitrogens is 1. The predicted molar refractivity (Wildman–Crippen MR) is 107 cm³/mol. The van der Waals surface area contributed by atoms with E-state index in [0.29, 0.717) is 18.6 Å². The third-order valence-corrected chi connectivity index (χ3v) is 5.78. The van der Waals surface area contributed by atoms with E-state index in [1.165, 1.54) is 12.1 Å². The first-order valence-electron chi connectivity index (χ1n) is 9.70. The molecule has 1 aromatic heterocycles. The van der Waals surface area contributed by atoms with Gasteiger partial charge in [0.2, 0.25) is 5.76 Å². The first-order valence-corrected chi connectivity index (χ1v) is 9.70. The average Bonchev–Trinajstić information content (AvgIpc) is 3.37. The van der Waals surface area contributed by atoms with Gasteiger partial charge in [0, 0.05) is 11.1 Å². The smallest absolute Gasteiger partial charge is 0.353 e. The zero-order valence-corrected chi connectivity index (χ0v) is 16.2. The van der Waals surface area contributed by atoms with Crippen LogP contribution < -0.4 is 0 Å². The summed E-state index contributed by atoms with van der Waals surface area (Å²) in [5.74, 6) is -4.02. The Kier molecular flexibility index (Phi) is 4.30. The number of oxime groups is 1. The van der Waals surface area contributed by atoms with Crippen molar-refractivity contribution in [3.63, 3.8) is 0 Å². The number of aryl methyl sites for hydroxylation is 1. The Morgan fingerprint density at radius 2 is 1.94 bits per heavy atom. The second kappa shape index (κ2) is 6.81. The Bertz CT molecular complexity index is 1200. The molecule has 5 nitrogen and oxygen atoms in total. The van der Waals surface area contributed by atoms with Crippen LogP contribution in [0.1, 0.15) is 34.4 Å². The number of alkyl halides is 3. The van der Waals surface area contributed by atoms with Crippen molar-refractivity contribution in [1.29, 1.82) is 0 Å². The van der Waals surface area contributed by atoms with Gasteiger partial charge in [-0.1, -0.05) is 71.5 Å². The van der Waals surface area contributed by atoms with E-state index < -0.39 is 34.9 Å². The molecule has 1 aliphatic carbocycles. The van der Waals surface area contributed by atoms with Crippen LogP contribution in [0.15, 0.2) is 64.8 Å². The molecule has 2 heterocycles. The third-order valence-electron chi connectivity index (χ3n) is 5.78. The predicted octanol–water partition coefficient (Wildman–Crippen LogP) is 5.15. The first kappa shape index (κ1) is 19.6. The van der Waals surface area contributed by atoms with Gasteiger partial charge in [-0.2, -0.15) is 13.2 Å². The Labute approximate surface area is 175 Å². The minimum Gasteiger partial charge on any atom is -0.353 e. The third kappa shape index (κ3) is 2.97. The molecule has 8 heteroatoms. The van der Waals surface area contributed by atoms with Crippen molar-refractivity contribution in [2.45, 2.75) is 24.8 Å². The van der Waals surface area contributed by atoms with Crippen LogP contribution in [0, 0.1) is 5.92 Å². The molecule has 2 atom stereocenters. The van der Waals surface area contributed by atoms with Crippen molar-refractivity contribution >= 4 is 11.8 Å². The molecule has 0 fully saturated rings. The van der Waals surface area contributed by atoms with Crippen molar-refractivity contribution in [2.75, 3.05) is 0 Å². The van der Waals surface area contributed by atoms with Crippen molar-refractivity contribution in [1.82, 2.24) is 5.16 Å². The van der Waals surface area contributed by atoms with Crippen molar-refractivity contribution < 1.29 is 27.6 Å². The highest BCUT2D eigenvalue weighted by Crippen LogP contribution is 2.50. The highest BCUT2D eigenvalue weighted by Gasteiger charge is 2.58. The fraction of sp³-hybridized carbons (Fsp3) is 0.217. The van der Waals surface area contributed by atoms with Gasteiger partial charge in [-0.25, -0.2) is 0 Å². The molecular formula is C23H17F3N2O3. The molecule has 0 amide bonds. The Hall–Kier alpha value is -3.39. The van der Waals surface area contributed by atoms with E-state index >= 15 is 0 Å². The minimum atomic E-state index is -4.83. The molecule has 2 unspecified atom stereocenters. The van der Waals surface area contributed by atoms with Crippen LogP contribution in [0.2, 0.25) is 0 Å². The van der Waals surface area contributed by atoms with Gasteiger partial charge in [0.15, 0.2) is 0 Å². The van der Waals surface area contributed by atoms with Gasteiger partial charge in [0.05, 0.1) is 11.6 Å². The zero-order valence-electron chi connectivity index (χ0n) is 16.2. The van der Waals surface area contributed by atoms with Gasteiger partial charge in [-0.15, -0.1) is 0 Å². The van der Waals surface area contributed by atoms with Gasteiger partial charge in [0.25, 0.3) is 0 Å². The number of benzene rings is 2. The fourth-order valence-electron chi connectivity index (χ4n) is 4.29. The number of aliphatic hydroxyl groups is 1. The van der Waals surface area contributed by atoms with Crippen LogP contribution in [0.4, 0.5) is 13.2 Å².